The van der Waals surface area contributed by atoms with Gasteiger partial charge in [0.15, 0.2) is 11.3 Å². The lowest BCUT2D eigenvalue weighted by Gasteiger charge is -2.27. The van der Waals surface area contributed by atoms with Gasteiger partial charge in [-0.1, -0.05) is 35.9 Å². The molecule has 1 aliphatic heterocycles. The van der Waals surface area contributed by atoms with E-state index >= 15 is 0 Å². The Morgan fingerprint density at radius 3 is 2.77 bits per heavy atom. The molecule has 4 rings (SSSR count). The number of azo groups is 1. The number of nitrogens with zero attached hydrogens (tertiary/aromatic N) is 2. The van der Waals surface area contributed by atoms with Crippen molar-refractivity contribution in [1.29, 1.82) is 0 Å². The lowest BCUT2D eigenvalue weighted by molar-refractivity contribution is 0.0597. The van der Waals surface area contributed by atoms with Crippen molar-refractivity contribution in [3.05, 3.63) is 69.8 Å². The van der Waals surface area contributed by atoms with Crippen molar-refractivity contribution in [1.82, 2.24) is 0 Å². The Labute approximate surface area is 152 Å². The number of rotatable bonds is 2. The Morgan fingerprint density at radius 2 is 2.04 bits per heavy atom. The predicted molar refractivity (Wildman–Crippen MR) is 96.9 cm³/mol. The third-order valence-corrected chi connectivity index (χ3v) is 5.57. The molecule has 5 heteroatoms. The van der Waals surface area contributed by atoms with Crippen LogP contribution < -0.4 is 0 Å². The SMILES string of the molecule is COC(=O)c1ccc(C)cc1[C@@H]1CN=N[C@]12Cc1c(C)cccc1C2=O. The van der Waals surface area contributed by atoms with Crippen molar-refractivity contribution in [2.45, 2.75) is 31.7 Å². The average molecular weight is 348 g/mol. The maximum absolute atomic E-state index is 13.3. The van der Waals surface area contributed by atoms with Crippen LogP contribution in [0.2, 0.25) is 0 Å². The van der Waals surface area contributed by atoms with E-state index in [0.717, 1.165) is 27.8 Å². The number of ether oxygens (including phenoxy) is 1. The molecule has 0 radical (unpaired) electrons. The van der Waals surface area contributed by atoms with Gasteiger partial charge in [-0.2, -0.15) is 10.2 Å². The van der Waals surface area contributed by atoms with E-state index in [2.05, 4.69) is 10.2 Å². The Balaban J connectivity index is 1.86. The van der Waals surface area contributed by atoms with Gasteiger partial charge >= 0.3 is 5.97 Å². The van der Waals surface area contributed by atoms with E-state index in [1.807, 2.05) is 44.2 Å². The first kappa shape index (κ1) is 16.6. The van der Waals surface area contributed by atoms with Crippen molar-refractivity contribution in [2.75, 3.05) is 13.7 Å². The van der Waals surface area contributed by atoms with Crippen LogP contribution in [0.3, 0.4) is 0 Å². The van der Waals surface area contributed by atoms with Gasteiger partial charge in [-0.05, 0) is 36.6 Å². The first-order valence-corrected chi connectivity index (χ1v) is 8.69. The molecule has 2 aliphatic rings. The maximum Gasteiger partial charge on any atom is 0.338 e. The molecule has 0 fully saturated rings. The number of ketones is 1. The molecule has 0 unspecified atom stereocenters. The quantitative estimate of drug-likeness (QED) is 0.775. The number of carbonyl (C=O) groups is 2. The van der Waals surface area contributed by atoms with Crippen molar-refractivity contribution in [2.24, 2.45) is 10.2 Å². The van der Waals surface area contributed by atoms with Crippen molar-refractivity contribution >= 4 is 11.8 Å². The Morgan fingerprint density at radius 1 is 1.23 bits per heavy atom. The van der Waals surface area contributed by atoms with E-state index < -0.39 is 11.5 Å². The summed E-state index contributed by atoms with van der Waals surface area (Å²) in [6.45, 7) is 4.38. The zero-order valence-electron chi connectivity index (χ0n) is 15.1. The summed E-state index contributed by atoms with van der Waals surface area (Å²) in [6, 6.07) is 11.4. The topological polar surface area (TPSA) is 68.1 Å². The van der Waals surface area contributed by atoms with Gasteiger partial charge in [0.2, 0.25) is 0 Å². The summed E-state index contributed by atoms with van der Waals surface area (Å²) >= 11 is 0. The summed E-state index contributed by atoms with van der Waals surface area (Å²) < 4.78 is 4.95. The van der Waals surface area contributed by atoms with E-state index in [1.165, 1.54) is 7.11 Å². The number of Topliss-reactive ketones (excluding diaryl/α,β-unsaturated/α-hetero) is 1. The van der Waals surface area contributed by atoms with E-state index in [4.69, 9.17) is 4.74 Å². The molecule has 2 atom stereocenters. The predicted octanol–water partition coefficient (Wildman–Crippen LogP) is 3.82. The Hall–Kier alpha value is -2.82. The number of fused-ring (bicyclic) bond motifs is 1. The third kappa shape index (κ3) is 2.23. The first-order chi connectivity index (χ1) is 12.5. The van der Waals surface area contributed by atoms with Crippen LogP contribution in [0.15, 0.2) is 46.6 Å². The van der Waals surface area contributed by atoms with Crippen LogP contribution in [0.25, 0.3) is 0 Å². The summed E-state index contributed by atoms with van der Waals surface area (Å²) in [7, 11) is 1.37. The van der Waals surface area contributed by atoms with Crippen LogP contribution in [-0.2, 0) is 11.2 Å². The van der Waals surface area contributed by atoms with Crippen molar-refractivity contribution < 1.29 is 14.3 Å². The van der Waals surface area contributed by atoms with Gasteiger partial charge in [0.25, 0.3) is 0 Å². The van der Waals surface area contributed by atoms with E-state index in [1.54, 1.807) is 6.07 Å². The third-order valence-electron chi connectivity index (χ3n) is 5.57. The summed E-state index contributed by atoms with van der Waals surface area (Å²) in [5.41, 5.74) is 4.19. The van der Waals surface area contributed by atoms with Crippen molar-refractivity contribution in [3.63, 3.8) is 0 Å². The van der Waals surface area contributed by atoms with Gasteiger partial charge in [0, 0.05) is 17.9 Å². The van der Waals surface area contributed by atoms with Gasteiger partial charge in [-0.3, -0.25) is 4.79 Å². The van der Waals surface area contributed by atoms with Crippen LogP contribution in [0.5, 0.6) is 0 Å². The molecular weight excluding hydrogens is 328 g/mol. The van der Waals surface area contributed by atoms with Gasteiger partial charge < -0.3 is 4.74 Å². The normalized spacial score (nSPS) is 23.5. The molecule has 1 aliphatic carbocycles. The van der Waals surface area contributed by atoms with Crippen LogP contribution >= 0.6 is 0 Å². The molecule has 0 saturated carbocycles. The first-order valence-electron chi connectivity index (χ1n) is 8.69. The van der Waals surface area contributed by atoms with Gasteiger partial charge in [0.05, 0.1) is 19.2 Å². The molecule has 0 saturated heterocycles. The Kier molecular flexibility index (Phi) is 3.75. The minimum atomic E-state index is -0.953. The lowest BCUT2D eigenvalue weighted by Crippen LogP contribution is -2.39. The fourth-order valence-electron chi connectivity index (χ4n) is 4.19. The number of carbonyl (C=O) groups excluding carboxylic acids is 2. The second-order valence-corrected chi connectivity index (χ2v) is 7.09. The minimum absolute atomic E-state index is 0.000211. The monoisotopic (exact) mass is 348 g/mol. The maximum atomic E-state index is 13.3. The number of esters is 1. The van der Waals surface area contributed by atoms with Gasteiger partial charge in [-0.15, -0.1) is 0 Å². The standard InChI is InChI=1S/C21H20N2O3/c1-12-7-8-15(20(25)26-3)16(9-12)18-11-22-23-21(18)10-17-13(2)5-4-6-14(17)19(21)24/h4-9,18H,10-11H2,1-3H3/t18-,21+/m0/s1. The highest BCUT2D eigenvalue weighted by atomic mass is 16.5. The number of methoxy groups -OCH3 is 1. The molecule has 0 bridgehead atoms. The Bertz CT molecular complexity index is 964. The smallest absolute Gasteiger partial charge is 0.338 e. The molecule has 0 amide bonds. The van der Waals surface area contributed by atoms with Gasteiger partial charge in [-0.25, -0.2) is 4.79 Å². The molecule has 2 aromatic carbocycles. The van der Waals surface area contributed by atoms with E-state index in [9.17, 15) is 9.59 Å². The molecule has 5 nitrogen and oxygen atoms in total. The van der Waals surface area contributed by atoms with Crippen LogP contribution in [-0.4, -0.2) is 30.9 Å². The second kappa shape index (κ2) is 5.87. The van der Waals surface area contributed by atoms with Crippen LogP contribution in [0, 0.1) is 13.8 Å². The van der Waals surface area contributed by atoms with E-state index in [-0.39, 0.29) is 11.7 Å². The fourth-order valence-corrected chi connectivity index (χ4v) is 4.19. The number of hydrogen-bond donors (Lipinski definition) is 0. The van der Waals surface area contributed by atoms with Crippen LogP contribution in [0.1, 0.15) is 48.9 Å². The molecular formula is C21H20N2O3. The molecule has 132 valence electrons. The highest BCUT2D eigenvalue weighted by molar-refractivity contribution is 6.09. The molecule has 1 heterocycles. The fraction of sp³-hybridized carbons (Fsp3) is 0.333. The summed E-state index contributed by atoms with van der Waals surface area (Å²) in [6.07, 6.45) is 0.524. The zero-order valence-corrected chi connectivity index (χ0v) is 15.1. The highest BCUT2D eigenvalue weighted by Gasteiger charge is 2.55. The zero-order chi connectivity index (χ0) is 18.5. The molecule has 0 N–H and O–H groups in total. The van der Waals surface area contributed by atoms with Crippen molar-refractivity contribution in [3.8, 4) is 0 Å². The summed E-state index contributed by atoms with van der Waals surface area (Å²) in [5, 5.41) is 8.69. The summed E-state index contributed by atoms with van der Waals surface area (Å²) in [5.74, 6) is -0.670. The largest absolute Gasteiger partial charge is 0.465 e. The average Bonchev–Trinajstić information content (AvgIpc) is 3.18. The number of benzene rings is 2. The number of aryl methyl sites for hydroxylation is 2. The number of hydrogen-bond acceptors (Lipinski definition) is 5. The summed E-state index contributed by atoms with van der Waals surface area (Å²) in [4.78, 5) is 25.6. The lowest BCUT2D eigenvalue weighted by atomic mass is 9.76. The second-order valence-electron chi connectivity index (χ2n) is 7.09. The molecule has 0 aromatic heterocycles. The molecule has 2 aromatic rings. The molecule has 1 spiro atoms. The van der Waals surface area contributed by atoms with Gasteiger partial charge in [0.1, 0.15) is 0 Å². The van der Waals surface area contributed by atoms with E-state index in [0.29, 0.717) is 18.5 Å². The highest BCUT2D eigenvalue weighted by Crippen LogP contribution is 2.48. The minimum Gasteiger partial charge on any atom is -0.465 e. The molecule has 26 heavy (non-hydrogen) atoms. The van der Waals surface area contributed by atoms with Crippen LogP contribution in [0.4, 0.5) is 0 Å².